The van der Waals surface area contributed by atoms with Gasteiger partial charge in [-0.25, -0.2) is 4.98 Å². The van der Waals surface area contributed by atoms with Crippen LogP contribution in [0.25, 0.3) is 0 Å². The number of rotatable bonds is 6. The lowest BCUT2D eigenvalue weighted by molar-refractivity contribution is -0.0704. The van der Waals surface area contributed by atoms with E-state index in [0.29, 0.717) is 18.0 Å². The zero-order chi connectivity index (χ0) is 19.2. The molecule has 0 spiro atoms. The van der Waals surface area contributed by atoms with E-state index in [0.717, 1.165) is 25.2 Å². The molecule has 1 N–H and O–H groups in total. The van der Waals surface area contributed by atoms with E-state index in [9.17, 15) is 4.79 Å². The molecule has 2 unspecified atom stereocenters. The van der Waals surface area contributed by atoms with Crippen LogP contribution in [0, 0.1) is 0 Å². The third-order valence-electron chi connectivity index (χ3n) is 4.60. The van der Waals surface area contributed by atoms with Crippen molar-refractivity contribution < 1.29 is 14.3 Å². The van der Waals surface area contributed by atoms with Gasteiger partial charge in [-0.05, 0) is 37.6 Å². The Morgan fingerprint density at radius 3 is 2.59 bits per heavy atom. The molecule has 2 heterocycles. The SMILES string of the molecule is COc1ncccc1CNC(=O)c1ccc(CN2CC(C)OC(C)C2)cc1. The van der Waals surface area contributed by atoms with Crippen LogP contribution in [0.3, 0.4) is 0 Å². The van der Waals surface area contributed by atoms with Gasteiger partial charge < -0.3 is 14.8 Å². The molecule has 6 nitrogen and oxygen atoms in total. The van der Waals surface area contributed by atoms with Gasteiger partial charge in [0.2, 0.25) is 5.88 Å². The van der Waals surface area contributed by atoms with E-state index in [2.05, 4.69) is 29.0 Å². The van der Waals surface area contributed by atoms with Crippen LogP contribution in [0.5, 0.6) is 5.88 Å². The number of nitrogens with one attached hydrogen (secondary N) is 1. The van der Waals surface area contributed by atoms with Crippen molar-refractivity contribution in [3.63, 3.8) is 0 Å². The highest BCUT2D eigenvalue weighted by Gasteiger charge is 2.22. The van der Waals surface area contributed by atoms with E-state index < -0.39 is 0 Å². The van der Waals surface area contributed by atoms with E-state index >= 15 is 0 Å². The van der Waals surface area contributed by atoms with Crippen molar-refractivity contribution in [3.8, 4) is 5.88 Å². The molecule has 1 fully saturated rings. The molecule has 1 aliphatic heterocycles. The molecule has 0 saturated carbocycles. The fraction of sp³-hybridized carbons (Fsp3) is 0.429. The summed E-state index contributed by atoms with van der Waals surface area (Å²) in [6, 6.07) is 11.5. The van der Waals surface area contributed by atoms with Gasteiger partial charge in [-0.1, -0.05) is 18.2 Å². The van der Waals surface area contributed by atoms with Crippen LogP contribution in [0.15, 0.2) is 42.6 Å². The molecule has 1 aliphatic rings. The van der Waals surface area contributed by atoms with Crippen molar-refractivity contribution >= 4 is 5.91 Å². The minimum Gasteiger partial charge on any atom is -0.481 e. The van der Waals surface area contributed by atoms with Gasteiger partial charge >= 0.3 is 0 Å². The second-order valence-corrected chi connectivity index (χ2v) is 7.00. The lowest BCUT2D eigenvalue weighted by Crippen LogP contribution is -2.44. The Morgan fingerprint density at radius 1 is 1.22 bits per heavy atom. The normalized spacial score (nSPS) is 20.3. The van der Waals surface area contributed by atoms with Gasteiger partial charge in [-0.15, -0.1) is 0 Å². The van der Waals surface area contributed by atoms with Crippen LogP contribution >= 0.6 is 0 Å². The van der Waals surface area contributed by atoms with Gasteiger partial charge in [0.15, 0.2) is 0 Å². The van der Waals surface area contributed by atoms with Gasteiger partial charge in [-0.3, -0.25) is 9.69 Å². The van der Waals surface area contributed by atoms with Crippen LogP contribution in [-0.2, 0) is 17.8 Å². The van der Waals surface area contributed by atoms with Crippen molar-refractivity contribution in [1.82, 2.24) is 15.2 Å². The number of pyridine rings is 1. The molecule has 0 bridgehead atoms. The van der Waals surface area contributed by atoms with Gasteiger partial charge in [-0.2, -0.15) is 0 Å². The molecule has 0 aliphatic carbocycles. The predicted molar refractivity (Wildman–Crippen MR) is 104 cm³/mol. The maximum atomic E-state index is 12.4. The Bertz CT molecular complexity index is 754. The van der Waals surface area contributed by atoms with Crippen LogP contribution in [0.2, 0.25) is 0 Å². The molecule has 1 aromatic carbocycles. The van der Waals surface area contributed by atoms with E-state index in [-0.39, 0.29) is 18.1 Å². The van der Waals surface area contributed by atoms with Crippen LogP contribution in [0.1, 0.15) is 35.3 Å². The number of benzene rings is 1. The lowest BCUT2D eigenvalue weighted by atomic mass is 10.1. The van der Waals surface area contributed by atoms with Gasteiger partial charge in [0.25, 0.3) is 5.91 Å². The Hall–Kier alpha value is -2.44. The Kier molecular flexibility index (Phi) is 6.42. The number of amides is 1. The number of methoxy groups -OCH3 is 1. The summed E-state index contributed by atoms with van der Waals surface area (Å²) in [5.74, 6) is 0.420. The van der Waals surface area contributed by atoms with Crippen molar-refractivity contribution in [1.29, 1.82) is 0 Å². The second-order valence-electron chi connectivity index (χ2n) is 7.00. The van der Waals surface area contributed by atoms with Crippen LogP contribution in [0.4, 0.5) is 0 Å². The molecule has 1 saturated heterocycles. The second kappa shape index (κ2) is 8.97. The summed E-state index contributed by atoms with van der Waals surface area (Å²) in [7, 11) is 1.57. The van der Waals surface area contributed by atoms with E-state index in [1.54, 1.807) is 13.3 Å². The number of hydrogen-bond donors (Lipinski definition) is 1. The summed E-state index contributed by atoms with van der Waals surface area (Å²) < 4.78 is 11.0. The first-order chi connectivity index (χ1) is 13.0. The smallest absolute Gasteiger partial charge is 0.251 e. The highest BCUT2D eigenvalue weighted by molar-refractivity contribution is 5.94. The fourth-order valence-corrected chi connectivity index (χ4v) is 3.45. The lowest BCUT2D eigenvalue weighted by Gasteiger charge is -2.35. The molecule has 1 amide bonds. The zero-order valence-corrected chi connectivity index (χ0v) is 16.1. The van der Waals surface area contributed by atoms with Crippen molar-refractivity contribution in [2.75, 3.05) is 20.2 Å². The molecule has 144 valence electrons. The molecule has 1 aromatic heterocycles. The first-order valence-corrected chi connectivity index (χ1v) is 9.28. The maximum absolute atomic E-state index is 12.4. The van der Waals surface area contributed by atoms with Crippen molar-refractivity contribution in [2.45, 2.75) is 39.1 Å². The molecule has 27 heavy (non-hydrogen) atoms. The molecule has 3 rings (SSSR count). The number of carbonyl (C=O) groups is 1. The number of carbonyl (C=O) groups excluding carboxylic acids is 1. The Labute approximate surface area is 160 Å². The summed E-state index contributed by atoms with van der Waals surface area (Å²) in [4.78, 5) is 18.9. The summed E-state index contributed by atoms with van der Waals surface area (Å²) in [6.45, 7) is 7.31. The number of morpholine rings is 1. The quantitative estimate of drug-likeness (QED) is 0.848. The van der Waals surface area contributed by atoms with Crippen molar-refractivity contribution in [3.05, 3.63) is 59.3 Å². The number of nitrogens with zero attached hydrogens (tertiary/aromatic N) is 2. The molecular weight excluding hydrogens is 342 g/mol. The largest absolute Gasteiger partial charge is 0.481 e. The average Bonchev–Trinajstić information content (AvgIpc) is 2.66. The first kappa shape index (κ1) is 19.3. The number of aromatic nitrogens is 1. The molecule has 2 atom stereocenters. The topological polar surface area (TPSA) is 63.7 Å². The first-order valence-electron chi connectivity index (χ1n) is 9.28. The Morgan fingerprint density at radius 2 is 1.93 bits per heavy atom. The van der Waals surface area contributed by atoms with Gasteiger partial charge in [0.05, 0.1) is 19.3 Å². The minimum absolute atomic E-state index is 0.110. The molecular formula is C21H27N3O3. The van der Waals surface area contributed by atoms with Crippen molar-refractivity contribution in [2.24, 2.45) is 0 Å². The predicted octanol–water partition coefficient (Wildman–Crippen LogP) is 2.63. The van der Waals surface area contributed by atoms with E-state index in [1.165, 1.54) is 5.56 Å². The molecule has 2 aromatic rings. The summed E-state index contributed by atoms with van der Waals surface area (Å²) in [6.07, 6.45) is 2.17. The summed E-state index contributed by atoms with van der Waals surface area (Å²) in [5, 5.41) is 2.92. The summed E-state index contributed by atoms with van der Waals surface area (Å²) >= 11 is 0. The van der Waals surface area contributed by atoms with Crippen LogP contribution in [-0.4, -0.2) is 48.2 Å². The van der Waals surface area contributed by atoms with E-state index in [4.69, 9.17) is 9.47 Å². The molecule has 0 radical (unpaired) electrons. The number of hydrogen-bond acceptors (Lipinski definition) is 5. The zero-order valence-electron chi connectivity index (χ0n) is 16.1. The number of ether oxygens (including phenoxy) is 2. The monoisotopic (exact) mass is 369 g/mol. The highest BCUT2D eigenvalue weighted by Crippen LogP contribution is 2.16. The maximum Gasteiger partial charge on any atom is 0.251 e. The third kappa shape index (κ3) is 5.28. The molecule has 6 heteroatoms. The minimum atomic E-state index is -0.110. The Balaban J connectivity index is 1.55. The average molecular weight is 369 g/mol. The summed E-state index contributed by atoms with van der Waals surface area (Å²) in [5.41, 5.74) is 2.69. The highest BCUT2D eigenvalue weighted by atomic mass is 16.5. The van der Waals surface area contributed by atoms with Gasteiger partial charge in [0.1, 0.15) is 0 Å². The van der Waals surface area contributed by atoms with E-state index in [1.807, 2.05) is 36.4 Å². The van der Waals surface area contributed by atoms with Gasteiger partial charge in [0, 0.05) is 43.5 Å². The fourth-order valence-electron chi connectivity index (χ4n) is 3.45. The van der Waals surface area contributed by atoms with Crippen LogP contribution < -0.4 is 10.1 Å². The standard InChI is InChI=1S/C21H27N3O3/c1-15-12-24(13-16(2)27-15)14-17-6-8-18(9-7-17)20(25)23-11-19-5-4-10-22-21(19)26-3/h4-10,15-16H,11-14H2,1-3H3,(H,23,25). The third-order valence-corrected chi connectivity index (χ3v) is 4.60.